The van der Waals surface area contributed by atoms with Crippen molar-refractivity contribution in [2.45, 2.75) is 52.5 Å². The third kappa shape index (κ3) is 6.29. The maximum absolute atomic E-state index is 12.5. The molecule has 1 saturated heterocycles. The highest BCUT2D eigenvalue weighted by Gasteiger charge is 2.29. The average molecular weight is 415 g/mol. The zero-order valence-electron chi connectivity index (χ0n) is 18.8. The molecule has 3 rings (SSSR count). The van der Waals surface area contributed by atoms with E-state index < -0.39 is 0 Å². The lowest BCUT2D eigenvalue weighted by molar-refractivity contribution is -0.124. The van der Waals surface area contributed by atoms with Gasteiger partial charge in [0.1, 0.15) is 0 Å². The number of rotatable bonds is 7. The molecule has 30 heavy (non-hydrogen) atoms. The van der Waals surface area contributed by atoms with Crippen molar-refractivity contribution in [1.29, 1.82) is 0 Å². The maximum atomic E-state index is 12.5. The second-order valence-corrected chi connectivity index (χ2v) is 9.05. The Hall–Kier alpha value is -1.92. The molecule has 2 amide bonds. The summed E-state index contributed by atoms with van der Waals surface area (Å²) in [6, 6.07) is 8.28. The van der Waals surface area contributed by atoms with Crippen LogP contribution in [0.4, 0.5) is 5.69 Å². The first kappa shape index (κ1) is 22.8. The summed E-state index contributed by atoms with van der Waals surface area (Å²) >= 11 is 0. The fourth-order valence-corrected chi connectivity index (χ4v) is 4.69. The van der Waals surface area contributed by atoms with Gasteiger partial charge in [-0.2, -0.15) is 0 Å². The molecule has 1 aromatic rings. The third-order valence-electron chi connectivity index (χ3n) is 6.92. The smallest absolute Gasteiger partial charge is 0.238 e. The summed E-state index contributed by atoms with van der Waals surface area (Å²) in [4.78, 5) is 29.4. The molecule has 1 aliphatic carbocycles. The Balaban J connectivity index is 1.38. The molecule has 0 radical (unpaired) electrons. The second-order valence-electron chi connectivity index (χ2n) is 9.05. The molecule has 0 spiro atoms. The lowest BCUT2D eigenvalue weighted by Gasteiger charge is -2.36. The zero-order valence-corrected chi connectivity index (χ0v) is 18.8. The number of hydrogen-bond acceptors (Lipinski definition) is 4. The molecule has 0 aromatic heterocycles. The third-order valence-corrected chi connectivity index (χ3v) is 6.92. The van der Waals surface area contributed by atoms with Gasteiger partial charge in [0.15, 0.2) is 0 Å². The van der Waals surface area contributed by atoms with Crippen molar-refractivity contribution in [1.82, 2.24) is 15.1 Å². The first-order valence-corrected chi connectivity index (χ1v) is 11.6. The average Bonchev–Trinajstić information content (AvgIpc) is 2.73. The summed E-state index contributed by atoms with van der Waals surface area (Å²) in [6.07, 6.45) is 4.48. The maximum Gasteiger partial charge on any atom is 0.238 e. The van der Waals surface area contributed by atoms with E-state index in [0.29, 0.717) is 31.0 Å². The van der Waals surface area contributed by atoms with E-state index >= 15 is 0 Å². The van der Waals surface area contributed by atoms with E-state index in [1.807, 2.05) is 24.3 Å². The summed E-state index contributed by atoms with van der Waals surface area (Å²) < 4.78 is 0. The summed E-state index contributed by atoms with van der Waals surface area (Å²) in [5.74, 6) is 1.41. The van der Waals surface area contributed by atoms with E-state index in [0.717, 1.165) is 50.3 Å². The Morgan fingerprint density at radius 2 is 1.60 bits per heavy atom. The van der Waals surface area contributed by atoms with Crippen molar-refractivity contribution < 1.29 is 9.59 Å². The van der Waals surface area contributed by atoms with E-state index in [-0.39, 0.29) is 11.8 Å². The van der Waals surface area contributed by atoms with Gasteiger partial charge in [-0.25, -0.2) is 0 Å². The molecular formula is C24H38N4O2. The molecule has 2 aliphatic rings. The molecule has 2 fully saturated rings. The van der Waals surface area contributed by atoms with Crippen molar-refractivity contribution in [2.75, 3.05) is 44.6 Å². The molecule has 3 atom stereocenters. The normalized spacial score (nSPS) is 25.6. The van der Waals surface area contributed by atoms with Gasteiger partial charge < -0.3 is 10.6 Å². The molecular weight excluding hydrogens is 376 g/mol. The fraction of sp³-hybridized carbons (Fsp3) is 0.667. The van der Waals surface area contributed by atoms with Crippen LogP contribution in [0.3, 0.4) is 0 Å². The first-order valence-electron chi connectivity index (χ1n) is 11.6. The van der Waals surface area contributed by atoms with Gasteiger partial charge in [0.2, 0.25) is 11.8 Å². The Morgan fingerprint density at radius 1 is 0.967 bits per heavy atom. The van der Waals surface area contributed by atoms with Crippen LogP contribution >= 0.6 is 0 Å². The molecule has 1 aromatic carbocycles. The second kappa shape index (κ2) is 10.9. The van der Waals surface area contributed by atoms with Gasteiger partial charge in [-0.3, -0.25) is 19.4 Å². The number of nitrogens with zero attached hydrogens (tertiary/aromatic N) is 2. The number of aryl methyl sites for hydroxylation is 1. The lowest BCUT2D eigenvalue weighted by atomic mass is 9.78. The monoisotopic (exact) mass is 414 g/mol. The Labute approximate surface area is 181 Å². The van der Waals surface area contributed by atoms with Gasteiger partial charge in [-0.05, 0) is 36.3 Å². The molecule has 1 saturated carbocycles. The van der Waals surface area contributed by atoms with Gasteiger partial charge in [-0.15, -0.1) is 0 Å². The van der Waals surface area contributed by atoms with Gasteiger partial charge in [-0.1, -0.05) is 51.8 Å². The van der Waals surface area contributed by atoms with Crippen LogP contribution in [-0.2, 0) is 16.0 Å². The standard InChI is InChI=1S/C24H38N4O2/c1-4-20-9-5-6-10-22(20)26-24(30)17-28-14-12-27(13-15-28)16-23(29)25-21-11-7-8-18(2)19(21)3/h5-6,9-10,18-19,21H,4,7-8,11-17H2,1-3H3,(H,25,29)(H,26,30)/t18-,19-,21+/m0/s1. The highest BCUT2D eigenvalue weighted by atomic mass is 16.2. The largest absolute Gasteiger partial charge is 0.352 e. The van der Waals surface area contributed by atoms with Crippen LogP contribution in [0.1, 0.15) is 45.6 Å². The number of benzene rings is 1. The Bertz CT molecular complexity index is 715. The van der Waals surface area contributed by atoms with Crippen LogP contribution in [-0.4, -0.2) is 66.9 Å². The molecule has 6 nitrogen and oxygen atoms in total. The topological polar surface area (TPSA) is 64.7 Å². The van der Waals surface area contributed by atoms with E-state index in [4.69, 9.17) is 0 Å². The number of hydrogen-bond donors (Lipinski definition) is 2. The molecule has 166 valence electrons. The van der Waals surface area contributed by atoms with Crippen LogP contribution < -0.4 is 10.6 Å². The number of carbonyl (C=O) groups is 2. The van der Waals surface area contributed by atoms with Gasteiger partial charge >= 0.3 is 0 Å². The molecule has 0 unspecified atom stereocenters. The lowest BCUT2D eigenvalue weighted by Crippen LogP contribution is -2.52. The van der Waals surface area contributed by atoms with Crippen molar-refractivity contribution in [2.24, 2.45) is 11.8 Å². The van der Waals surface area contributed by atoms with Crippen LogP contribution in [0.15, 0.2) is 24.3 Å². The Kier molecular flexibility index (Phi) is 8.28. The molecule has 2 N–H and O–H groups in total. The van der Waals surface area contributed by atoms with E-state index in [2.05, 4.69) is 41.2 Å². The molecule has 6 heteroatoms. The summed E-state index contributed by atoms with van der Waals surface area (Å²) in [5.41, 5.74) is 2.06. The van der Waals surface area contributed by atoms with E-state index in [1.54, 1.807) is 0 Å². The zero-order chi connectivity index (χ0) is 21.5. The number of anilines is 1. The van der Waals surface area contributed by atoms with Gasteiger partial charge in [0.05, 0.1) is 13.1 Å². The van der Waals surface area contributed by atoms with Crippen molar-refractivity contribution in [3.05, 3.63) is 29.8 Å². The first-order chi connectivity index (χ1) is 14.5. The van der Waals surface area contributed by atoms with Gasteiger partial charge in [0.25, 0.3) is 0 Å². The van der Waals surface area contributed by atoms with Crippen LogP contribution in [0.5, 0.6) is 0 Å². The predicted molar refractivity (Wildman–Crippen MR) is 121 cm³/mol. The van der Waals surface area contributed by atoms with Crippen molar-refractivity contribution in [3.8, 4) is 0 Å². The van der Waals surface area contributed by atoms with Crippen molar-refractivity contribution in [3.63, 3.8) is 0 Å². The minimum absolute atomic E-state index is 0.0301. The molecule has 0 bridgehead atoms. The van der Waals surface area contributed by atoms with Crippen LogP contribution in [0, 0.1) is 11.8 Å². The van der Waals surface area contributed by atoms with E-state index in [9.17, 15) is 9.59 Å². The van der Waals surface area contributed by atoms with Crippen LogP contribution in [0.25, 0.3) is 0 Å². The molecule has 1 aliphatic heterocycles. The highest BCUT2D eigenvalue weighted by molar-refractivity contribution is 5.93. The van der Waals surface area contributed by atoms with E-state index in [1.165, 1.54) is 12.8 Å². The summed E-state index contributed by atoms with van der Waals surface area (Å²) in [6.45, 7) is 10.8. The SMILES string of the molecule is CCc1ccccc1NC(=O)CN1CCN(CC(=O)N[C@@H]2CCC[C@H](C)[C@@H]2C)CC1. The number of piperazine rings is 1. The number of amides is 2. The molecule has 1 heterocycles. The summed E-state index contributed by atoms with van der Waals surface area (Å²) in [7, 11) is 0. The quantitative estimate of drug-likeness (QED) is 0.720. The fourth-order valence-electron chi connectivity index (χ4n) is 4.69. The van der Waals surface area contributed by atoms with Gasteiger partial charge in [0, 0.05) is 37.9 Å². The van der Waals surface area contributed by atoms with Crippen molar-refractivity contribution >= 4 is 17.5 Å². The minimum Gasteiger partial charge on any atom is -0.352 e. The number of para-hydroxylation sites is 1. The number of carbonyl (C=O) groups excluding carboxylic acids is 2. The Morgan fingerprint density at radius 3 is 2.27 bits per heavy atom. The predicted octanol–water partition coefficient (Wildman–Crippen LogP) is 2.75. The van der Waals surface area contributed by atoms with Crippen LogP contribution in [0.2, 0.25) is 0 Å². The summed E-state index contributed by atoms with van der Waals surface area (Å²) in [5, 5.41) is 6.32. The minimum atomic E-state index is 0.0301. The highest BCUT2D eigenvalue weighted by Crippen LogP contribution is 2.29. The number of nitrogens with one attached hydrogen (secondary N) is 2.